The third-order valence-electron chi connectivity index (χ3n) is 6.67. The van der Waals surface area contributed by atoms with Gasteiger partial charge in [0.1, 0.15) is 0 Å². The summed E-state index contributed by atoms with van der Waals surface area (Å²) in [7, 11) is 0. The quantitative estimate of drug-likeness (QED) is 0.501. The van der Waals surface area contributed by atoms with Crippen LogP contribution in [0.1, 0.15) is 42.4 Å². The number of hydrogen-bond donors (Lipinski definition) is 1. The minimum absolute atomic E-state index is 0.0463. The number of carbonyl (C=O) groups is 2. The van der Waals surface area contributed by atoms with E-state index in [1.807, 2.05) is 0 Å². The van der Waals surface area contributed by atoms with Crippen LogP contribution in [0, 0.1) is 0 Å². The molecule has 0 spiro atoms. The van der Waals surface area contributed by atoms with E-state index in [0.29, 0.717) is 17.7 Å². The van der Waals surface area contributed by atoms with Gasteiger partial charge in [0, 0.05) is 32.7 Å². The Hall–Kier alpha value is -2.71. The Labute approximate surface area is 204 Å². The summed E-state index contributed by atoms with van der Waals surface area (Å²) in [6.07, 6.45) is -21.1. The molecule has 6 nitrogen and oxygen atoms in total. The first-order chi connectivity index (χ1) is 16.9. The van der Waals surface area contributed by atoms with Gasteiger partial charge in [0.05, 0.1) is 11.0 Å². The van der Waals surface area contributed by atoms with E-state index in [1.54, 1.807) is 0 Å². The van der Waals surface area contributed by atoms with Crippen molar-refractivity contribution < 1.29 is 58.9 Å². The van der Waals surface area contributed by atoms with Crippen molar-refractivity contribution in [3.8, 4) is 0 Å². The lowest BCUT2D eigenvalue weighted by Gasteiger charge is -2.35. The molecule has 1 N–H and O–H groups in total. The number of carbonyl (C=O) groups excluding carboxylic acids is 1. The van der Waals surface area contributed by atoms with Crippen molar-refractivity contribution in [1.29, 1.82) is 0 Å². The molecular formula is C22H23F9N2O4. The van der Waals surface area contributed by atoms with Crippen molar-refractivity contribution in [2.24, 2.45) is 0 Å². The highest BCUT2D eigenvalue weighted by Crippen LogP contribution is 2.44. The molecule has 2 fully saturated rings. The van der Waals surface area contributed by atoms with Crippen molar-refractivity contribution in [2.75, 3.05) is 26.2 Å². The van der Waals surface area contributed by atoms with Gasteiger partial charge in [-0.2, -0.15) is 39.5 Å². The minimum Gasteiger partial charge on any atom is -0.481 e. The monoisotopic (exact) mass is 550 g/mol. The Balaban J connectivity index is 1.71. The predicted molar refractivity (Wildman–Crippen MR) is 108 cm³/mol. The second kappa shape index (κ2) is 10.2. The van der Waals surface area contributed by atoms with Crippen LogP contribution in [0.25, 0.3) is 0 Å². The molecule has 1 aliphatic carbocycles. The molecule has 0 aromatic heterocycles. The Morgan fingerprint density at radius 3 is 1.92 bits per heavy atom. The van der Waals surface area contributed by atoms with Crippen molar-refractivity contribution in [3.63, 3.8) is 0 Å². The zero-order chi connectivity index (χ0) is 27.8. The second-order valence-corrected chi connectivity index (χ2v) is 9.07. The van der Waals surface area contributed by atoms with Gasteiger partial charge in [0.2, 0.25) is 0 Å². The first-order valence-electron chi connectivity index (χ1n) is 11.2. The molecule has 0 unspecified atom stereocenters. The number of alkyl halides is 9. The molecule has 1 aromatic rings. The fraction of sp³-hybridized carbons (Fsp3) is 0.636. The number of ether oxygens (including phenoxy) is 1. The van der Waals surface area contributed by atoms with E-state index < -0.39 is 47.7 Å². The van der Waals surface area contributed by atoms with Crippen LogP contribution >= 0.6 is 0 Å². The highest BCUT2D eigenvalue weighted by molar-refractivity contribution is 5.82. The van der Waals surface area contributed by atoms with Gasteiger partial charge in [-0.3, -0.25) is 9.69 Å². The first-order valence-corrected chi connectivity index (χ1v) is 11.2. The van der Waals surface area contributed by atoms with Crippen LogP contribution in [0.2, 0.25) is 0 Å². The van der Waals surface area contributed by atoms with Gasteiger partial charge in [-0.05, 0) is 30.0 Å². The SMILES string of the molecule is O=C(OC(C(F)(F)F)C(F)(F)F)N1CCN(Cc2ccc(C3(C(=O)O)CCCC3)cc2C(F)(F)F)CC1. The maximum atomic E-state index is 13.9. The smallest absolute Gasteiger partial charge is 0.434 e. The summed E-state index contributed by atoms with van der Waals surface area (Å²) in [5, 5.41) is 9.70. The molecule has 0 bridgehead atoms. The van der Waals surface area contributed by atoms with Gasteiger partial charge < -0.3 is 14.7 Å². The van der Waals surface area contributed by atoms with Crippen molar-refractivity contribution in [2.45, 2.75) is 62.3 Å². The summed E-state index contributed by atoms with van der Waals surface area (Å²) in [5.41, 5.74) is -2.57. The normalized spacial score (nSPS) is 19.4. The Bertz CT molecular complexity index is 979. The summed E-state index contributed by atoms with van der Waals surface area (Å²) in [6, 6.07) is 3.35. The van der Waals surface area contributed by atoms with Gasteiger partial charge in [-0.25, -0.2) is 4.79 Å². The largest absolute Gasteiger partial charge is 0.481 e. The van der Waals surface area contributed by atoms with E-state index in [-0.39, 0.29) is 56.7 Å². The number of amides is 1. The number of benzene rings is 1. The highest BCUT2D eigenvalue weighted by atomic mass is 19.4. The Morgan fingerprint density at radius 1 is 0.919 bits per heavy atom. The summed E-state index contributed by atoms with van der Waals surface area (Å²) in [4.78, 5) is 25.8. The first kappa shape index (κ1) is 28.9. The van der Waals surface area contributed by atoms with E-state index in [9.17, 15) is 54.2 Å². The van der Waals surface area contributed by atoms with E-state index in [2.05, 4.69) is 4.74 Å². The van der Waals surface area contributed by atoms with Crippen LogP contribution in [0.5, 0.6) is 0 Å². The van der Waals surface area contributed by atoms with Gasteiger partial charge in [0.25, 0.3) is 6.10 Å². The molecular weight excluding hydrogens is 527 g/mol. The van der Waals surface area contributed by atoms with Gasteiger partial charge in [-0.1, -0.05) is 25.0 Å². The molecule has 15 heteroatoms. The minimum atomic E-state index is -5.87. The number of piperazine rings is 1. The van der Waals surface area contributed by atoms with Crippen LogP contribution in [0.3, 0.4) is 0 Å². The van der Waals surface area contributed by atoms with Crippen LogP contribution in [0.4, 0.5) is 44.3 Å². The van der Waals surface area contributed by atoms with E-state index in [1.165, 1.54) is 17.0 Å². The molecule has 1 saturated heterocycles. The third kappa shape index (κ3) is 6.41. The molecule has 0 radical (unpaired) electrons. The Kier molecular flexibility index (Phi) is 7.97. The zero-order valence-corrected chi connectivity index (χ0v) is 19.1. The number of hydrogen-bond acceptors (Lipinski definition) is 4. The topological polar surface area (TPSA) is 70.1 Å². The molecule has 37 heavy (non-hydrogen) atoms. The fourth-order valence-electron chi connectivity index (χ4n) is 4.70. The van der Waals surface area contributed by atoms with Crippen molar-refractivity contribution in [1.82, 2.24) is 9.80 Å². The molecule has 1 heterocycles. The lowest BCUT2D eigenvalue weighted by Crippen LogP contribution is -2.52. The molecule has 1 aliphatic heterocycles. The van der Waals surface area contributed by atoms with Crippen molar-refractivity contribution >= 4 is 12.1 Å². The van der Waals surface area contributed by atoms with E-state index in [0.717, 1.165) is 6.07 Å². The van der Waals surface area contributed by atoms with Crippen LogP contribution in [0.15, 0.2) is 18.2 Å². The van der Waals surface area contributed by atoms with Crippen LogP contribution in [-0.4, -0.2) is 71.6 Å². The number of halogens is 9. The lowest BCUT2D eigenvalue weighted by atomic mass is 9.78. The number of carboxylic acids is 1. The Morgan fingerprint density at radius 2 is 1.46 bits per heavy atom. The zero-order valence-electron chi connectivity index (χ0n) is 19.1. The van der Waals surface area contributed by atoms with Gasteiger partial charge in [-0.15, -0.1) is 0 Å². The molecule has 208 valence electrons. The van der Waals surface area contributed by atoms with E-state index in [4.69, 9.17) is 0 Å². The van der Waals surface area contributed by atoms with Crippen LogP contribution in [-0.2, 0) is 27.7 Å². The average Bonchev–Trinajstić information content (AvgIpc) is 3.27. The summed E-state index contributed by atoms with van der Waals surface area (Å²) in [6.45, 7) is -1.32. The van der Waals surface area contributed by atoms with E-state index >= 15 is 0 Å². The average molecular weight is 550 g/mol. The number of carboxylic acid groups (broad SMARTS) is 1. The molecule has 3 rings (SSSR count). The van der Waals surface area contributed by atoms with Gasteiger partial charge >= 0.3 is 30.6 Å². The second-order valence-electron chi connectivity index (χ2n) is 9.07. The maximum Gasteiger partial charge on any atom is 0.434 e. The highest BCUT2D eigenvalue weighted by Gasteiger charge is 2.60. The number of nitrogens with zero attached hydrogens (tertiary/aromatic N) is 2. The molecule has 0 atom stereocenters. The molecule has 1 saturated carbocycles. The summed E-state index contributed by atoms with van der Waals surface area (Å²) in [5.74, 6) is -1.20. The lowest BCUT2D eigenvalue weighted by molar-refractivity contribution is -0.308. The fourth-order valence-corrected chi connectivity index (χ4v) is 4.70. The van der Waals surface area contributed by atoms with Crippen molar-refractivity contribution in [3.05, 3.63) is 34.9 Å². The molecule has 2 aliphatic rings. The summed E-state index contributed by atoms with van der Waals surface area (Å²) < 4.78 is 121. The molecule has 1 amide bonds. The number of rotatable bonds is 5. The van der Waals surface area contributed by atoms with Crippen LogP contribution < -0.4 is 0 Å². The molecule has 1 aromatic carbocycles. The third-order valence-corrected chi connectivity index (χ3v) is 6.67. The predicted octanol–water partition coefficient (Wildman–Crippen LogP) is 5.35. The maximum absolute atomic E-state index is 13.9. The number of aliphatic carboxylic acids is 1. The summed E-state index contributed by atoms with van der Waals surface area (Å²) >= 11 is 0. The van der Waals surface area contributed by atoms with Gasteiger partial charge in [0.15, 0.2) is 0 Å². The standard InChI is InChI=1S/C22H23F9N2O4/c23-20(24,25)15-11-14(19(17(34)35)5-1-2-6-19)4-3-13(15)12-32-7-9-33(10-8-32)18(36)37-16(21(26,27)28)22(29,30)31/h3-4,11,16H,1-2,5-10,12H2,(H,34,35).